The van der Waals surface area contributed by atoms with Crippen molar-refractivity contribution < 1.29 is 9.84 Å². The smallest absolute Gasteiger partial charge is 0.273 e. The summed E-state index contributed by atoms with van der Waals surface area (Å²) in [4.78, 5) is 0. The Balaban J connectivity index is 1.84. The van der Waals surface area contributed by atoms with Crippen molar-refractivity contribution in [2.75, 3.05) is 6.54 Å². The van der Waals surface area contributed by atoms with E-state index in [-0.39, 0.29) is 0 Å². The van der Waals surface area contributed by atoms with Crippen LogP contribution in [0.1, 0.15) is 12.5 Å². The highest BCUT2D eigenvalue weighted by Gasteiger charge is 2.29. The Labute approximate surface area is 128 Å². The van der Waals surface area contributed by atoms with E-state index in [1.54, 1.807) is 12.3 Å². The second kappa shape index (κ2) is 6.17. The van der Waals surface area contributed by atoms with E-state index in [2.05, 4.69) is 33.7 Å². The molecule has 5 heteroatoms. The lowest BCUT2D eigenvalue weighted by Crippen LogP contribution is -2.52. The molecular weight excluding hydrogens is 278 g/mol. The van der Waals surface area contributed by atoms with Gasteiger partial charge in [-0.25, -0.2) is 0 Å². The zero-order valence-electron chi connectivity index (χ0n) is 12.4. The average Bonchev–Trinajstić information content (AvgIpc) is 2.99. The van der Waals surface area contributed by atoms with Crippen molar-refractivity contribution in [1.29, 1.82) is 0 Å². The van der Waals surface area contributed by atoms with Gasteiger partial charge in [0, 0.05) is 12.3 Å². The Kier molecular flexibility index (Phi) is 4.09. The third-order valence-electron chi connectivity index (χ3n) is 3.46. The van der Waals surface area contributed by atoms with Crippen LogP contribution in [0.2, 0.25) is 0 Å². The van der Waals surface area contributed by atoms with Crippen LogP contribution < -0.4 is 10.1 Å². The summed E-state index contributed by atoms with van der Waals surface area (Å²) in [6.07, 6.45) is 1.97. The van der Waals surface area contributed by atoms with Crippen LogP contribution in [0.5, 0.6) is 5.88 Å². The predicted molar refractivity (Wildman–Crippen MR) is 85.5 cm³/mol. The predicted octanol–water partition coefficient (Wildman–Crippen LogP) is 2.44. The third kappa shape index (κ3) is 3.27. The number of aromatic amines is 1. The molecule has 0 bridgehead atoms. The molecule has 22 heavy (non-hydrogen) atoms. The van der Waals surface area contributed by atoms with Gasteiger partial charge < -0.3 is 9.84 Å². The maximum absolute atomic E-state index is 10.7. The van der Waals surface area contributed by atoms with Gasteiger partial charge in [0.2, 0.25) is 5.88 Å². The molecule has 3 rings (SSSR count). The quantitative estimate of drug-likeness (QED) is 0.611. The summed E-state index contributed by atoms with van der Waals surface area (Å²) < 4.78 is 5.60. The molecule has 2 aromatic carbocycles. The molecule has 1 heterocycles. The Morgan fingerprint density at radius 2 is 2.00 bits per heavy atom. The lowest BCUT2D eigenvalue weighted by atomic mass is 10.0. The molecule has 0 aliphatic heterocycles. The monoisotopic (exact) mass is 297 g/mol. The van der Waals surface area contributed by atoms with E-state index in [0.29, 0.717) is 18.8 Å². The molecule has 0 spiro atoms. The first-order chi connectivity index (χ1) is 10.7. The number of hydrogen-bond donors (Lipinski definition) is 3. The van der Waals surface area contributed by atoms with E-state index in [9.17, 15) is 5.11 Å². The van der Waals surface area contributed by atoms with Crippen molar-refractivity contribution in [3.8, 4) is 5.88 Å². The first-order valence-corrected chi connectivity index (χ1v) is 7.32. The fourth-order valence-corrected chi connectivity index (χ4v) is 2.51. The van der Waals surface area contributed by atoms with Gasteiger partial charge in [0.1, 0.15) is 0 Å². The molecule has 0 aliphatic rings. The molecule has 1 unspecified atom stereocenters. The average molecular weight is 297 g/mol. The van der Waals surface area contributed by atoms with Gasteiger partial charge in [0.25, 0.3) is 5.91 Å². The molecule has 0 saturated heterocycles. The number of aliphatic hydroxyl groups is 1. The summed E-state index contributed by atoms with van der Waals surface area (Å²) in [6.45, 7) is 2.49. The van der Waals surface area contributed by atoms with Gasteiger partial charge in [-0.15, -0.1) is 5.10 Å². The van der Waals surface area contributed by atoms with Crippen molar-refractivity contribution in [3.05, 3.63) is 60.3 Å². The Bertz CT molecular complexity index is 743. The van der Waals surface area contributed by atoms with Gasteiger partial charge in [0.15, 0.2) is 0 Å². The molecule has 0 aliphatic carbocycles. The van der Waals surface area contributed by atoms with E-state index in [1.807, 2.05) is 31.2 Å². The van der Waals surface area contributed by atoms with Crippen LogP contribution in [0.25, 0.3) is 10.8 Å². The van der Waals surface area contributed by atoms with Crippen LogP contribution in [0.3, 0.4) is 0 Å². The van der Waals surface area contributed by atoms with Crippen LogP contribution in [0.4, 0.5) is 0 Å². The topological polar surface area (TPSA) is 70.2 Å². The van der Waals surface area contributed by atoms with E-state index < -0.39 is 5.91 Å². The SMILES string of the molecule is CCNC(O)(Cc1ccc2ccccc2c1)Oc1cc[nH]n1. The third-order valence-corrected chi connectivity index (χ3v) is 3.46. The molecule has 0 radical (unpaired) electrons. The van der Waals surface area contributed by atoms with Crippen LogP contribution in [-0.2, 0) is 6.42 Å². The summed E-state index contributed by atoms with van der Waals surface area (Å²) >= 11 is 0. The summed E-state index contributed by atoms with van der Waals surface area (Å²) in [6, 6.07) is 15.9. The number of hydrogen-bond acceptors (Lipinski definition) is 4. The van der Waals surface area contributed by atoms with Crippen molar-refractivity contribution in [2.24, 2.45) is 0 Å². The lowest BCUT2D eigenvalue weighted by Gasteiger charge is -2.28. The van der Waals surface area contributed by atoms with Crippen LogP contribution in [-0.4, -0.2) is 27.8 Å². The zero-order chi connectivity index (χ0) is 15.4. The molecule has 0 fully saturated rings. The van der Waals surface area contributed by atoms with Gasteiger partial charge in [-0.3, -0.25) is 10.4 Å². The summed E-state index contributed by atoms with van der Waals surface area (Å²) in [5.74, 6) is -1.14. The fraction of sp³-hybridized carbons (Fsp3) is 0.235. The Hall–Kier alpha value is -2.37. The number of benzene rings is 2. The molecular formula is C17H19N3O2. The number of H-pyrrole nitrogens is 1. The second-order valence-electron chi connectivity index (χ2n) is 5.19. The van der Waals surface area contributed by atoms with Crippen molar-refractivity contribution in [1.82, 2.24) is 15.5 Å². The number of nitrogens with zero attached hydrogens (tertiary/aromatic N) is 1. The summed E-state index contributed by atoms with van der Waals surface area (Å²) in [5.41, 5.74) is 0.984. The van der Waals surface area contributed by atoms with Gasteiger partial charge in [-0.1, -0.05) is 49.4 Å². The van der Waals surface area contributed by atoms with Gasteiger partial charge in [0.05, 0.1) is 6.42 Å². The molecule has 3 N–H and O–H groups in total. The minimum Gasteiger partial charge on any atom is -0.430 e. The number of rotatable bonds is 6. The zero-order valence-corrected chi connectivity index (χ0v) is 12.4. The van der Waals surface area contributed by atoms with Crippen LogP contribution >= 0.6 is 0 Å². The highest BCUT2D eigenvalue weighted by atomic mass is 16.6. The van der Waals surface area contributed by atoms with Crippen LogP contribution in [0.15, 0.2) is 54.7 Å². The maximum atomic E-state index is 10.7. The molecule has 0 amide bonds. The second-order valence-corrected chi connectivity index (χ2v) is 5.19. The van der Waals surface area contributed by atoms with Crippen molar-refractivity contribution in [2.45, 2.75) is 19.3 Å². The molecule has 3 aromatic rings. The van der Waals surface area contributed by atoms with Crippen LogP contribution in [0, 0.1) is 0 Å². The van der Waals surface area contributed by atoms with Crippen molar-refractivity contribution in [3.63, 3.8) is 0 Å². The molecule has 114 valence electrons. The molecule has 1 aromatic heterocycles. The maximum Gasteiger partial charge on any atom is 0.273 e. The standard InChI is InChI=1S/C17H19N3O2/c1-2-18-17(21,22-16-9-10-19-20-16)12-13-7-8-14-5-3-4-6-15(14)11-13/h3-11,18,21H,2,12H2,1H3,(H,19,20). The summed E-state index contributed by atoms with van der Waals surface area (Å²) in [7, 11) is 0. The molecule has 0 saturated carbocycles. The minimum atomic E-state index is -1.49. The van der Waals surface area contributed by atoms with E-state index in [0.717, 1.165) is 10.9 Å². The van der Waals surface area contributed by atoms with E-state index >= 15 is 0 Å². The van der Waals surface area contributed by atoms with E-state index in [4.69, 9.17) is 4.74 Å². The number of nitrogens with one attached hydrogen (secondary N) is 2. The number of aromatic nitrogens is 2. The van der Waals surface area contributed by atoms with Gasteiger partial charge in [-0.05, 0) is 22.9 Å². The number of ether oxygens (including phenoxy) is 1. The summed E-state index contributed by atoms with van der Waals surface area (Å²) in [5, 5.41) is 22.6. The number of fused-ring (bicyclic) bond motifs is 1. The number of likely N-dealkylation sites (N-methyl/N-ethyl adjacent to an activating group) is 1. The normalized spacial score (nSPS) is 13.9. The highest BCUT2D eigenvalue weighted by Crippen LogP contribution is 2.20. The largest absolute Gasteiger partial charge is 0.430 e. The molecule has 5 nitrogen and oxygen atoms in total. The first kappa shape index (κ1) is 14.6. The first-order valence-electron chi connectivity index (χ1n) is 7.32. The Morgan fingerprint density at radius 1 is 1.18 bits per heavy atom. The highest BCUT2D eigenvalue weighted by molar-refractivity contribution is 5.83. The Morgan fingerprint density at radius 3 is 2.73 bits per heavy atom. The van der Waals surface area contributed by atoms with E-state index in [1.165, 1.54) is 5.39 Å². The molecule has 1 atom stereocenters. The minimum absolute atomic E-state index is 0.318. The fourth-order valence-electron chi connectivity index (χ4n) is 2.51. The lowest BCUT2D eigenvalue weighted by molar-refractivity contribution is -0.163. The van der Waals surface area contributed by atoms with Gasteiger partial charge >= 0.3 is 0 Å². The van der Waals surface area contributed by atoms with Gasteiger partial charge in [-0.2, -0.15) is 0 Å². The van der Waals surface area contributed by atoms with Crippen molar-refractivity contribution >= 4 is 10.8 Å².